The lowest BCUT2D eigenvalue weighted by Gasteiger charge is -2.26. The van der Waals surface area contributed by atoms with Crippen molar-refractivity contribution in [3.8, 4) is 11.1 Å². The summed E-state index contributed by atoms with van der Waals surface area (Å²) in [5, 5.41) is 3.08. The number of amides is 1. The third kappa shape index (κ3) is 5.34. The number of sulfone groups is 1. The van der Waals surface area contributed by atoms with Gasteiger partial charge in [-0.2, -0.15) is 13.2 Å². The van der Waals surface area contributed by atoms with E-state index in [1.54, 1.807) is 11.0 Å². The van der Waals surface area contributed by atoms with Crippen LogP contribution in [0.1, 0.15) is 35.2 Å². The highest BCUT2D eigenvalue weighted by Crippen LogP contribution is 2.55. The van der Waals surface area contributed by atoms with E-state index < -0.39 is 21.6 Å². The smallest absolute Gasteiger partial charge is 0.368 e. The number of hydrogen-bond acceptors (Lipinski definition) is 5. The molecule has 1 aromatic heterocycles. The van der Waals surface area contributed by atoms with E-state index in [0.717, 1.165) is 43.3 Å². The molecule has 1 spiro atoms. The first-order chi connectivity index (χ1) is 17.5. The number of aromatic nitrogens is 1. The highest BCUT2D eigenvalue weighted by Gasteiger charge is 2.53. The number of nitrogens with zero attached hydrogens (tertiary/aromatic N) is 2. The van der Waals surface area contributed by atoms with Crippen LogP contribution >= 0.6 is 0 Å². The molecule has 1 unspecified atom stereocenters. The average molecular weight is 530 g/mol. The number of nitrogens with one attached hydrogen (secondary N) is 1. The molecule has 10 heteroatoms. The number of carbonyl (C=O) groups is 1. The topological polar surface area (TPSA) is 79.4 Å². The summed E-state index contributed by atoms with van der Waals surface area (Å²) in [5.74, 6) is 0.0292. The standard InChI is InChI=1S/C27H26F3N3O3S/c1-37(35,36)21-8-9-22(18-5-3-2-4-6-18)23(13-21)25(34)33-17-26(11-12-26)14-20(33)16-32-24-10-7-19(15-31-24)27(28,29)30/h2-10,13,15,20H,11-12,14,16-17H2,1H3,(H,31,32). The fourth-order valence-electron chi connectivity index (χ4n) is 4.97. The van der Waals surface area contributed by atoms with E-state index in [-0.39, 0.29) is 22.3 Å². The van der Waals surface area contributed by atoms with Gasteiger partial charge in [0.05, 0.1) is 10.5 Å². The fourth-order valence-corrected chi connectivity index (χ4v) is 5.61. The zero-order valence-corrected chi connectivity index (χ0v) is 20.9. The van der Waals surface area contributed by atoms with Crippen LogP contribution in [-0.2, 0) is 16.0 Å². The van der Waals surface area contributed by atoms with E-state index in [2.05, 4.69) is 10.3 Å². The van der Waals surface area contributed by atoms with E-state index in [4.69, 9.17) is 0 Å². The minimum atomic E-state index is -4.46. The van der Waals surface area contributed by atoms with Crippen molar-refractivity contribution in [1.29, 1.82) is 0 Å². The molecule has 1 aliphatic carbocycles. The van der Waals surface area contributed by atoms with Gasteiger partial charge in [0, 0.05) is 37.1 Å². The van der Waals surface area contributed by atoms with Crippen molar-refractivity contribution in [2.75, 3.05) is 24.7 Å². The summed E-state index contributed by atoms with van der Waals surface area (Å²) in [5.41, 5.74) is 0.966. The Morgan fingerprint density at radius 1 is 1.11 bits per heavy atom. The summed E-state index contributed by atoms with van der Waals surface area (Å²) < 4.78 is 63.2. The lowest BCUT2D eigenvalue weighted by Crippen LogP contribution is -2.40. The Kier molecular flexibility index (Phi) is 6.26. The van der Waals surface area contributed by atoms with Gasteiger partial charge >= 0.3 is 6.18 Å². The van der Waals surface area contributed by atoms with Gasteiger partial charge in [0.2, 0.25) is 0 Å². The van der Waals surface area contributed by atoms with Gasteiger partial charge in [-0.05, 0) is 60.1 Å². The Morgan fingerprint density at radius 3 is 2.43 bits per heavy atom. The van der Waals surface area contributed by atoms with Crippen LogP contribution in [0.15, 0.2) is 71.8 Å². The average Bonchev–Trinajstić information content (AvgIpc) is 3.52. The van der Waals surface area contributed by atoms with Gasteiger partial charge in [-0.15, -0.1) is 0 Å². The monoisotopic (exact) mass is 529 g/mol. The number of rotatable bonds is 6. The second-order valence-corrected chi connectivity index (χ2v) is 12.0. The first kappa shape index (κ1) is 25.3. The molecule has 1 aliphatic heterocycles. The first-order valence-electron chi connectivity index (χ1n) is 11.9. The number of hydrogen-bond donors (Lipinski definition) is 1. The summed E-state index contributed by atoms with van der Waals surface area (Å²) >= 11 is 0. The van der Waals surface area contributed by atoms with Crippen molar-refractivity contribution >= 4 is 21.6 Å². The third-order valence-corrected chi connectivity index (χ3v) is 8.29. The van der Waals surface area contributed by atoms with Crippen molar-refractivity contribution in [2.24, 2.45) is 5.41 Å². The lowest BCUT2D eigenvalue weighted by atomic mass is 9.98. The van der Waals surface area contributed by atoms with Gasteiger partial charge in [-0.25, -0.2) is 13.4 Å². The molecule has 194 valence electrons. The molecular weight excluding hydrogens is 503 g/mol. The summed E-state index contributed by atoms with van der Waals surface area (Å²) in [6.07, 6.45) is 0.193. The zero-order chi connectivity index (χ0) is 26.4. The SMILES string of the molecule is CS(=O)(=O)c1ccc(-c2ccccc2)c(C(=O)N2CC3(CC3)CC2CNc2ccc(C(F)(F)F)cn2)c1. The molecule has 6 nitrogen and oxygen atoms in total. The molecule has 5 rings (SSSR count). The van der Waals surface area contributed by atoms with Crippen molar-refractivity contribution < 1.29 is 26.4 Å². The largest absolute Gasteiger partial charge is 0.417 e. The van der Waals surface area contributed by atoms with Crippen LogP contribution in [0.4, 0.5) is 19.0 Å². The van der Waals surface area contributed by atoms with Crippen LogP contribution < -0.4 is 5.32 Å². The Bertz CT molecular complexity index is 1420. The second kappa shape index (κ2) is 9.16. The minimum Gasteiger partial charge on any atom is -0.368 e. The molecule has 2 aromatic carbocycles. The molecule has 37 heavy (non-hydrogen) atoms. The number of carbonyl (C=O) groups excluding carboxylic acids is 1. The van der Waals surface area contributed by atoms with Crippen LogP contribution in [0.25, 0.3) is 11.1 Å². The maximum absolute atomic E-state index is 14.0. The molecule has 2 heterocycles. The number of anilines is 1. The second-order valence-electron chi connectivity index (χ2n) is 9.95. The Labute approximate surface area is 213 Å². The number of likely N-dealkylation sites (tertiary alicyclic amines) is 1. The molecule has 1 amide bonds. The van der Waals surface area contributed by atoms with E-state index >= 15 is 0 Å². The predicted molar refractivity (Wildman–Crippen MR) is 134 cm³/mol. The van der Waals surface area contributed by atoms with Crippen molar-refractivity contribution in [1.82, 2.24) is 9.88 Å². The van der Waals surface area contributed by atoms with Gasteiger partial charge in [-0.3, -0.25) is 4.79 Å². The van der Waals surface area contributed by atoms with Gasteiger partial charge in [-0.1, -0.05) is 36.4 Å². The van der Waals surface area contributed by atoms with Crippen LogP contribution in [0.2, 0.25) is 0 Å². The van der Waals surface area contributed by atoms with Crippen LogP contribution in [0, 0.1) is 5.41 Å². The van der Waals surface area contributed by atoms with Gasteiger partial charge < -0.3 is 10.2 Å². The maximum atomic E-state index is 14.0. The van der Waals surface area contributed by atoms with Crippen molar-refractivity contribution in [3.05, 3.63) is 78.0 Å². The van der Waals surface area contributed by atoms with Gasteiger partial charge in [0.1, 0.15) is 5.82 Å². The van der Waals surface area contributed by atoms with Crippen LogP contribution in [0.3, 0.4) is 0 Å². The maximum Gasteiger partial charge on any atom is 0.417 e. The van der Waals surface area contributed by atoms with Crippen LogP contribution in [0.5, 0.6) is 0 Å². The molecule has 1 saturated heterocycles. The first-order valence-corrected chi connectivity index (χ1v) is 13.8. The summed E-state index contributed by atoms with van der Waals surface area (Å²) in [7, 11) is -3.54. The molecule has 1 atom stereocenters. The van der Waals surface area contributed by atoms with Crippen molar-refractivity contribution in [2.45, 2.75) is 36.4 Å². The van der Waals surface area contributed by atoms with E-state index in [9.17, 15) is 26.4 Å². The molecule has 2 fully saturated rings. The quantitative estimate of drug-likeness (QED) is 0.470. The number of benzene rings is 2. The molecule has 3 aromatic rings. The fraction of sp³-hybridized carbons (Fsp3) is 0.333. The molecule has 1 saturated carbocycles. The van der Waals surface area contributed by atoms with E-state index in [0.29, 0.717) is 30.0 Å². The van der Waals surface area contributed by atoms with E-state index in [1.807, 2.05) is 30.3 Å². The summed E-state index contributed by atoms with van der Waals surface area (Å²) in [6, 6.07) is 16.0. The zero-order valence-electron chi connectivity index (χ0n) is 20.1. The lowest BCUT2D eigenvalue weighted by molar-refractivity contribution is -0.137. The summed E-state index contributed by atoms with van der Waals surface area (Å²) in [6.45, 7) is 0.869. The Balaban J connectivity index is 1.43. The molecule has 0 radical (unpaired) electrons. The normalized spacial score (nSPS) is 18.7. The number of pyridine rings is 1. The van der Waals surface area contributed by atoms with Crippen LogP contribution in [-0.4, -0.2) is 49.6 Å². The van der Waals surface area contributed by atoms with E-state index in [1.165, 1.54) is 18.2 Å². The highest BCUT2D eigenvalue weighted by atomic mass is 32.2. The summed E-state index contributed by atoms with van der Waals surface area (Å²) in [4.78, 5) is 19.7. The Hall–Kier alpha value is -3.40. The number of alkyl halides is 3. The third-order valence-electron chi connectivity index (χ3n) is 7.18. The Morgan fingerprint density at radius 2 is 1.84 bits per heavy atom. The minimum absolute atomic E-state index is 0.0386. The molecule has 0 bridgehead atoms. The molecule has 1 N–H and O–H groups in total. The van der Waals surface area contributed by atoms with Gasteiger partial charge in [0.15, 0.2) is 9.84 Å². The van der Waals surface area contributed by atoms with Gasteiger partial charge in [0.25, 0.3) is 5.91 Å². The molecular formula is C27H26F3N3O3S. The number of halogens is 3. The predicted octanol–water partition coefficient (Wildman–Crippen LogP) is 5.28. The molecule has 2 aliphatic rings. The highest BCUT2D eigenvalue weighted by molar-refractivity contribution is 7.90. The van der Waals surface area contributed by atoms with Crippen molar-refractivity contribution in [3.63, 3.8) is 0 Å².